The fourth-order valence-corrected chi connectivity index (χ4v) is 4.68. The average Bonchev–Trinajstić information content (AvgIpc) is 2.56. The van der Waals surface area contributed by atoms with Crippen LogP contribution in [0.1, 0.15) is 89.9 Å². The lowest BCUT2D eigenvalue weighted by atomic mass is 10.0. The Morgan fingerprint density at radius 2 is 1.18 bits per heavy atom. The zero-order chi connectivity index (χ0) is 21.5. The predicted octanol–water partition coefficient (Wildman–Crippen LogP) is 4.02. The van der Waals surface area contributed by atoms with Crippen molar-refractivity contribution in [2.24, 2.45) is 0 Å². The van der Waals surface area contributed by atoms with Gasteiger partial charge in [-0.2, -0.15) is 8.42 Å². The summed E-state index contributed by atoms with van der Waals surface area (Å²) in [7, 11) is -1.59. The number of aldehydes is 1. The molecule has 0 aromatic rings. The highest BCUT2D eigenvalue weighted by atomic mass is 32.2. The van der Waals surface area contributed by atoms with Crippen LogP contribution in [-0.4, -0.2) is 60.8 Å². The molecule has 0 spiro atoms. The van der Waals surface area contributed by atoms with E-state index in [0.717, 1.165) is 44.8 Å². The van der Waals surface area contributed by atoms with E-state index in [4.69, 9.17) is 5.11 Å². The molecule has 0 aliphatic heterocycles. The number of rotatable bonds is 19. The van der Waals surface area contributed by atoms with Crippen LogP contribution in [-0.2, 0) is 19.7 Å². The fraction of sp³-hybridized carbons (Fsp3) is 0.900. The lowest BCUT2D eigenvalue weighted by Gasteiger charge is -2.33. The Morgan fingerprint density at radius 3 is 1.50 bits per heavy atom. The summed E-state index contributed by atoms with van der Waals surface area (Å²) in [5, 5.41) is 7.27. The van der Waals surface area contributed by atoms with E-state index in [1.165, 1.54) is 59.0 Å². The molecule has 0 bridgehead atoms. The number of nitrogens with zero attached hydrogens (tertiary/aromatic N) is 1. The molecule has 0 saturated heterocycles. The van der Waals surface area contributed by atoms with Gasteiger partial charge in [0.2, 0.25) is 0 Å². The van der Waals surface area contributed by atoms with Crippen LogP contribution in [0.4, 0.5) is 0 Å². The summed E-state index contributed by atoms with van der Waals surface area (Å²) in [4.78, 5) is 21.4. The van der Waals surface area contributed by atoms with Crippen molar-refractivity contribution in [3.05, 3.63) is 0 Å². The van der Waals surface area contributed by atoms with E-state index < -0.39 is 21.5 Å². The number of carbonyl (C=O) groups is 2. The molecule has 1 unspecified atom stereocenters. The second kappa shape index (κ2) is 14.9. The molecule has 0 aliphatic carbocycles. The summed E-state index contributed by atoms with van der Waals surface area (Å²) in [6.45, 7) is 0.392. The fourth-order valence-electron chi connectivity index (χ4n) is 3.60. The quantitative estimate of drug-likeness (QED) is 0.141. The number of carbonyl (C=O) groups excluding carboxylic acids is 1. The van der Waals surface area contributed by atoms with E-state index in [-0.39, 0.29) is 4.48 Å². The number of carboxylic acid groups (broad SMARTS) is 1. The molecule has 0 radical (unpaired) electrons. The first-order chi connectivity index (χ1) is 13.1. The largest absolute Gasteiger partial charge is 0.476 e. The van der Waals surface area contributed by atoms with Crippen molar-refractivity contribution in [2.45, 2.75) is 95.3 Å². The molecule has 0 aromatic carbocycles. The molecule has 0 amide bonds. The first-order valence-electron chi connectivity index (χ1n) is 10.6. The molecule has 8 heteroatoms. The lowest BCUT2D eigenvalue weighted by molar-refractivity contribution is -0.894. The summed E-state index contributed by atoms with van der Waals surface area (Å²) < 4.78 is 31.6. The van der Waals surface area contributed by atoms with Gasteiger partial charge in [0.25, 0.3) is 0 Å². The Balaban J connectivity index is 3.66. The molecular formula is C20H40NO6S+. The Bertz CT molecular complexity index is 533. The second-order valence-electron chi connectivity index (χ2n) is 8.26. The van der Waals surface area contributed by atoms with Crippen LogP contribution in [0.5, 0.6) is 0 Å². The topological polar surface area (TPSA) is 109 Å². The van der Waals surface area contributed by atoms with Crippen LogP contribution in [0.15, 0.2) is 0 Å². The normalized spacial score (nSPS) is 13.4. The van der Waals surface area contributed by atoms with Gasteiger partial charge in [-0.3, -0.25) is 4.55 Å². The van der Waals surface area contributed by atoms with Crippen LogP contribution < -0.4 is 0 Å². The van der Waals surface area contributed by atoms with Crippen LogP contribution in [0, 0.1) is 0 Å². The zero-order valence-corrected chi connectivity index (χ0v) is 18.5. The van der Waals surface area contributed by atoms with Gasteiger partial charge in [-0.05, 0) is 19.3 Å². The molecule has 1 atom stereocenters. The number of unbranched alkanes of at least 4 members (excludes halogenated alkanes) is 13. The molecule has 0 heterocycles. The van der Waals surface area contributed by atoms with Crippen molar-refractivity contribution in [1.82, 2.24) is 0 Å². The highest BCUT2D eigenvalue weighted by Gasteiger charge is 2.45. The van der Waals surface area contributed by atoms with Crippen LogP contribution in [0.2, 0.25) is 0 Å². The maximum Gasteiger partial charge on any atom is 0.381 e. The third kappa shape index (κ3) is 13.2. The number of hydrogen-bond acceptors (Lipinski definition) is 4. The Kier molecular flexibility index (Phi) is 14.4. The zero-order valence-electron chi connectivity index (χ0n) is 17.6. The predicted molar refractivity (Wildman–Crippen MR) is 111 cm³/mol. The molecular weight excluding hydrogens is 382 g/mol. The van der Waals surface area contributed by atoms with Crippen molar-refractivity contribution in [3.8, 4) is 0 Å². The Labute approximate surface area is 170 Å². The summed E-state index contributed by atoms with van der Waals surface area (Å²) in [5.41, 5.74) is 0. The minimum atomic E-state index is -4.63. The Hall–Kier alpha value is -0.990. The van der Waals surface area contributed by atoms with E-state index in [2.05, 4.69) is 0 Å². The monoisotopic (exact) mass is 422 g/mol. The van der Waals surface area contributed by atoms with Crippen LogP contribution in [0.3, 0.4) is 0 Å². The molecule has 2 N–H and O–H groups in total. The molecule has 28 heavy (non-hydrogen) atoms. The summed E-state index contributed by atoms with van der Waals surface area (Å²) >= 11 is 0. The maximum absolute atomic E-state index is 11.3. The van der Waals surface area contributed by atoms with Gasteiger partial charge in [0.15, 0.2) is 0 Å². The lowest BCUT2D eigenvalue weighted by Crippen LogP contribution is -2.57. The molecule has 0 rings (SSSR count). The third-order valence-corrected chi connectivity index (χ3v) is 6.52. The van der Waals surface area contributed by atoms with E-state index >= 15 is 0 Å². The van der Waals surface area contributed by atoms with Crippen molar-refractivity contribution in [1.29, 1.82) is 0 Å². The average molecular weight is 423 g/mol. The van der Waals surface area contributed by atoms with Gasteiger partial charge in [0.1, 0.15) is 6.29 Å². The van der Waals surface area contributed by atoms with Gasteiger partial charge in [-0.25, -0.2) is 4.79 Å². The molecule has 7 nitrogen and oxygen atoms in total. The smallest absolute Gasteiger partial charge is 0.381 e. The number of hydrogen-bond donors (Lipinski definition) is 2. The first kappa shape index (κ1) is 27.0. The van der Waals surface area contributed by atoms with E-state index in [1.807, 2.05) is 0 Å². The second-order valence-corrected chi connectivity index (χ2v) is 9.74. The molecule has 0 aromatic heterocycles. The van der Waals surface area contributed by atoms with Gasteiger partial charge >= 0.3 is 21.5 Å². The van der Waals surface area contributed by atoms with Crippen LogP contribution in [0.25, 0.3) is 0 Å². The standard InChI is InChI=1S/C20H39NO6S/c1-21(2,19(20(23)24)28(25,26)27)17-15-13-11-9-7-5-3-4-6-8-10-12-14-16-18-22/h18-19H,3-17H2,1-2H3,(H-,23,24,25,26,27)/p+1. The minimum Gasteiger partial charge on any atom is -0.476 e. The highest BCUT2D eigenvalue weighted by molar-refractivity contribution is 7.87. The number of carboxylic acids is 1. The van der Waals surface area contributed by atoms with E-state index in [1.54, 1.807) is 0 Å². The Morgan fingerprint density at radius 1 is 0.821 bits per heavy atom. The third-order valence-electron chi connectivity index (χ3n) is 5.18. The first-order valence-corrected chi connectivity index (χ1v) is 12.1. The molecule has 0 aliphatic rings. The number of quaternary nitrogens is 1. The summed E-state index contributed by atoms with van der Waals surface area (Å²) in [6, 6.07) is 0. The van der Waals surface area contributed by atoms with Crippen molar-refractivity contribution in [2.75, 3.05) is 20.6 Å². The minimum absolute atomic E-state index is 0.274. The van der Waals surface area contributed by atoms with Gasteiger partial charge in [0, 0.05) is 6.42 Å². The van der Waals surface area contributed by atoms with Crippen LogP contribution >= 0.6 is 0 Å². The summed E-state index contributed by atoms with van der Waals surface area (Å²) in [5.74, 6) is -1.52. The summed E-state index contributed by atoms with van der Waals surface area (Å²) in [6.07, 6.45) is 16.4. The maximum atomic E-state index is 11.3. The molecule has 0 fully saturated rings. The van der Waals surface area contributed by atoms with E-state index in [0.29, 0.717) is 13.0 Å². The van der Waals surface area contributed by atoms with Crippen molar-refractivity contribution in [3.63, 3.8) is 0 Å². The van der Waals surface area contributed by atoms with Gasteiger partial charge in [-0.1, -0.05) is 64.2 Å². The van der Waals surface area contributed by atoms with Gasteiger partial charge < -0.3 is 14.4 Å². The van der Waals surface area contributed by atoms with Gasteiger partial charge in [0.05, 0.1) is 20.6 Å². The highest BCUT2D eigenvalue weighted by Crippen LogP contribution is 2.17. The number of aliphatic carboxylic acids is 1. The number of likely N-dealkylation sites (N-methyl/N-ethyl adjacent to an activating group) is 1. The SMILES string of the molecule is C[N+](C)(CCCCCCCCCCCCCCCC=O)C(C(=O)O)S(=O)(=O)O. The van der Waals surface area contributed by atoms with Crippen molar-refractivity contribution >= 4 is 22.4 Å². The molecule has 166 valence electrons. The van der Waals surface area contributed by atoms with Gasteiger partial charge in [-0.15, -0.1) is 0 Å². The van der Waals surface area contributed by atoms with Crippen molar-refractivity contribution < 1.29 is 32.1 Å². The molecule has 0 saturated carbocycles. The van der Waals surface area contributed by atoms with E-state index in [9.17, 15) is 22.6 Å².